The number of aromatic amines is 2. The van der Waals surface area contributed by atoms with Crippen molar-refractivity contribution in [3.63, 3.8) is 0 Å². The van der Waals surface area contributed by atoms with Gasteiger partial charge >= 0.3 is 0 Å². The van der Waals surface area contributed by atoms with Crippen molar-refractivity contribution < 1.29 is 4.79 Å². The third-order valence-corrected chi connectivity index (χ3v) is 3.76. The summed E-state index contributed by atoms with van der Waals surface area (Å²) in [6, 6.07) is 9.39. The topological polar surface area (TPSA) is 77.8 Å². The number of halogens is 1. The van der Waals surface area contributed by atoms with E-state index >= 15 is 0 Å². The maximum atomic E-state index is 12.0. The minimum Gasteiger partial charge on any atom is -0.361 e. The number of H-pyrrole nitrogens is 2. The Morgan fingerprint density at radius 1 is 1.18 bits per heavy atom. The number of para-hydroxylation sites is 1. The lowest BCUT2D eigenvalue weighted by molar-refractivity contribution is 0.0954. The second kappa shape index (κ2) is 6.07. The zero-order valence-corrected chi connectivity index (χ0v) is 12.4. The first kappa shape index (κ1) is 14.4. The van der Waals surface area contributed by atoms with E-state index in [4.69, 9.17) is 11.6 Å². The van der Waals surface area contributed by atoms with Crippen LogP contribution >= 0.6 is 11.6 Å². The molecule has 6 heteroatoms. The Bertz CT molecular complexity index is 882. The predicted octanol–water partition coefficient (Wildman–Crippen LogP) is 2.48. The Kier molecular flexibility index (Phi) is 3.98. The lowest BCUT2D eigenvalue weighted by atomic mass is 10.1. The molecule has 3 N–H and O–H groups in total. The van der Waals surface area contributed by atoms with Crippen molar-refractivity contribution in [3.05, 3.63) is 69.2 Å². The van der Waals surface area contributed by atoms with Gasteiger partial charge in [-0.3, -0.25) is 9.59 Å². The van der Waals surface area contributed by atoms with Gasteiger partial charge in [-0.05, 0) is 24.1 Å². The number of fused-ring (bicyclic) bond motifs is 1. The van der Waals surface area contributed by atoms with Crippen LogP contribution in [0.5, 0.6) is 0 Å². The number of hydrogen-bond donors (Lipinski definition) is 3. The lowest BCUT2D eigenvalue weighted by Gasteiger charge is -2.05. The van der Waals surface area contributed by atoms with E-state index in [2.05, 4.69) is 15.3 Å². The molecule has 0 radical (unpaired) electrons. The van der Waals surface area contributed by atoms with E-state index in [1.54, 1.807) is 0 Å². The molecule has 2 heterocycles. The van der Waals surface area contributed by atoms with Gasteiger partial charge in [0.05, 0.1) is 5.56 Å². The van der Waals surface area contributed by atoms with Crippen molar-refractivity contribution in [2.75, 3.05) is 6.54 Å². The van der Waals surface area contributed by atoms with Crippen LogP contribution in [0.25, 0.3) is 10.9 Å². The number of aromatic nitrogens is 2. The summed E-state index contributed by atoms with van der Waals surface area (Å²) in [6.07, 6.45) is 4.02. The first-order valence-corrected chi connectivity index (χ1v) is 7.24. The average molecular weight is 316 g/mol. The van der Waals surface area contributed by atoms with Gasteiger partial charge < -0.3 is 15.3 Å². The number of pyridine rings is 1. The van der Waals surface area contributed by atoms with Gasteiger partial charge in [-0.2, -0.15) is 0 Å². The number of nitrogens with one attached hydrogen (secondary N) is 3. The van der Waals surface area contributed by atoms with Gasteiger partial charge in [-0.25, -0.2) is 0 Å². The fourth-order valence-electron chi connectivity index (χ4n) is 2.34. The van der Waals surface area contributed by atoms with E-state index in [0.29, 0.717) is 18.5 Å². The molecule has 0 spiro atoms. The number of carbonyl (C=O) groups is 1. The van der Waals surface area contributed by atoms with Gasteiger partial charge in [0.25, 0.3) is 11.5 Å². The molecular formula is C16H14ClN3O2. The number of benzene rings is 1. The first-order valence-electron chi connectivity index (χ1n) is 6.86. The molecule has 3 rings (SSSR count). The Labute approximate surface area is 131 Å². The highest BCUT2D eigenvalue weighted by Gasteiger charge is 2.08. The highest BCUT2D eigenvalue weighted by atomic mass is 35.5. The van der Waals surface area contributed by atoms with Gasteiger partial charge in [0.15, 0.2) is 0 Å². The van der Waals surface area contributed by atoms with Crippen LogP contribution in [0.3, 0.4) is 0 Å². The Hall–Kier alpha value is -2.53. The molecule has 0 bridgehead atoms. The zero-order valence-electron chi connectivity index (χ0n) is 11.7. The summed E-state index contributed by atoms with van der Waals surface area (Å²) in [5.41, 5.74) is 2.16. The Morgan fingerprint density at radius 2 is 2.00 bits per heavy atom. The van der Waals surface area contributed by atoms with Crippen molar-refractivity contribution in [2.24, 2.45) is 0 Å². The molecule has 0 atom stereocenters. The standard InChI is InChI=1S/C16H14ClN3O2/c17-13-7-11(9-20-16(13)22)15(21)18-6-5-10-8-19-14-4-2-1-3-12(10)14/h1-4,7-9,19H,5-6H2,(H,18,21)(H,20,22). The van der Waals surface area contributed by atoms with Crippen molar-refractivity contribution in [1.29, 1.82) is 0 Å². The van der Waals surface area contributed by atoms with Crippen LogP contribution < -0.4 is 10.9 Å². The molecule has 1 aromatic carbocycles. The van der Waals surface area contributed by atoms with Gasteiger partial charge in [-0.1, -0.05) is 29.8 Å². The van der Waals surface area contributed by atoms with Crippen LogP contribution in [-0.4, -0.2) is 22.4 Å². The summed E-state index contributed by atoms with van der Waals surface area (Å²) in [5.74, 6) is -0.266. The second-order valence-electron chi connectivity index (χ2n) is 4.93. The quantitative estimate of drug-likeness (QED) is 0.691. The maximum Gasteiger partial charge on any atom is 0.266 e. The Morgan fingerprint density at radius 3 is 2.82 bits per heavy atom. The van der Waals surface area contributed by atoms with Gasteiger partial charge in [-0.15, -0.1) is 0 Å². The maximum absolute atomic E-state index is 12.0. The van der Waals surface area contributed by atoms with E-state index in [0.717, 1.165) is 16.5 Å². The minimum atomic E-state index is -0.406. The molecule has 0 fully saturated rings. The summed E-state index contributed by atoms with van der Waals surface area (Å²) >= 11 is 5.71. The van der Waals surface area contributed by atoms with Crippen LogP contribution in [0.1, 0.15) is 15.9 Å². The summed E-state index contributed by atoms with van der Waals surface area (Å²) < 4.78 is 0. The van der Waals surface area contributed by atoms with E-state index in [-0.39, 0.29) is 10.9 Å². The van der Waals surface area contributed by atoms with E-state index in [1.807, 2.05) is 30.5 Å². The van der Waals surface area contributed by atoms with Gasteiger partial charge in [0.1, 0.15) is 5.02 Å². The molecule has 0 unspecified atom stereocenters. The first-order chi connectivity index (χ1) is 10.6. The fourth-order valence-corrected chi connectivity index (χ4v) is 2.51. The lowest BCUT2D eigenvalue weighted by Crippen LogP contribution is -2.26. The predicted molar refractivity (Wildman–Crippen MR) is 86.4 cm³/mol. The average Bonchev–Trinajstić information content (AvgIpc) is 2.93. The molecular weight excluding hydrogens is 302 g/mol. The zero-order chi connectivity index (χ0) is 15.5. The van der Waals surface area contributed by atoms with Gasteiger partial charge in [0, 0.05) is 29.8 Å². The van der Waals surface area contributed by atoms with Crippen LogP contribution in [0.4, 0.5) is 0 Å². The van der Waals surface area contributed by atoms with Gasteiger partial charge in [0.2, 0.25) is 0 Å². The molecule has 0 saturated carbocycles. The Balaban J connectivity index is 1.64. The summed E-state index contributed by atoms with van der Waals surface area (Å²) in [5, 5.41) is 3.98. The molecule has 0 aliphatic carbocycles. The van der Waals surface area contributed by atoms with E-state index < -0.39 is 5.56 Å². The van der Waals surface area contributed by atoms with Crippen LogP contribution in [0.2, 0.25) is 5.02 Å². The highest BCUT2D eigenvalue weighted by molar-refractivity contribution is 6.30. The van der Waals surface area contributed by atoms with Crippen molar-refractivity contribution >= 4 is 28.4 Å². The molecule has 22 heavy (non-hydrogen) atoms. The number of rotatable bonds is 4. The molecule has 0 aliphatic rings. The van der Waals surface area contributed by atoms with Crippen molar-refractivity contribution in [1.82, 2.24) is 15.3 Å². The molecule has 0 aliphatic heterocycles. The van der Waals surface area contributed by atoms with Crippen molar-refractivity contribution in [3.8, 4) is 0 Å². The van der Waals surface area contributed by atoms with Crippen molar-refractivity contribution in [2.45, 2.75) is 6.42 Å². The molecule has 3 aromatic rings. The number of amides is 1. The van der Waals surface area contributed by atoms with Crippen LogP contribution in [0.15, 0.2) is 47.5 Å². The van der Waals surface area contributed by atoms with E-state index in [9.17, 15) is 9.59 Å². The molecule has 112 valence electrons. The van der Waals surface area contributed by atoms with E-state index in [1.165, 1.54) is 12.3 Å². The number of carbonyl (C=O) groups excluding carboxylic acids is 1. The third-order valence-electron chi connectivity index (χ3n) is 3.47. The molecule has 0 saturated heterocycles. The fraction of sp³-hybridized carbons (Fsp3) is 0.125. The molecule has 1 amide bonds. The molecule has 5 nitrogen and oxygen atoms in total. The minimum absolute atomic E-state index is 0.00396. The summed E-state index contributed by atoms with van der Waals surface area (Å²) in [4.78, 5) is 28.8. The summed E-state index contributed by atoms with van der Waals surface area (Å²) in [7, 11) is 0. The molecule has 2 aromatic heterocycles. The normalized spacial score (nSPS) is 10.8. The third kappa shape index (κ3) is 2.89. The summed E-state index contributed by atoms with van der Waals surface area (Å²) in [6.45, 7) is 0.497. The number of hydrogen-bond acceptors (Lipinski definition) is 2. The highest BCUT2D eigenvalue weighted by Crippen LogP contribution is 2.17. The largest absolute Gasteiger partial charge is 0.361 e. The SMILES string of the molecule is O=C(NCCc1c[nH]c2ccccc12)c1c[nH]c(=O)c(Cl)c1. The second-order valence-corrected chi connectivity index (χ2v) is 5.34. The van der Waals surface area contributed by atoms with Crippen LogP contribution in [-0.2, 0) is 6.42 Å². The van der Waals surface area contributed by atoms with Crippen LogP contribution in [0, 0.1) is 0 Å². The smallest absolute Gasteiger partial charge is 0.266 e. The monoisotopic (exact) mass is 315 g/mol.